The number of aromatic amines is 1. The minimum atomic E-state index is -0.190. The highest BCUT2D eigenvalue weighted by Crippen LogP contribution is 2.28. The third kappa shape index (κ3) is 3.53. The first-order valence-electron chi connectivity index (χ1n) is 7.87. The average molecular weight is 380 g/mol. The minimum absolute atomic E-state index is 0.0905. The number of allylic oxidation sites excluding steroid dienone is 1. The molecule has 0 saturated carbocycles. The first kappa shape index (κ1) is 18.2. The van der Waals surface area contributed by atoms with Crippen LogP contribution in [0, 0.1) is 22.7 Å². The fourth-order valence-electron chi connectivity index (χ4n) is 2.60. The number of aromatic nitrogens is 4. The van der Waals surface area contributed by atoms with Crippen LogP contribution in [0.3, 0.4) is 0 Å². The van der Waals surface area contributed by atoms with Crippen LogP contribution >= 0.6 is 11.6 Å². The molecule has 9 heteroatoms. The molecule has 134 valence electrons. The first-order valence-corrected chi connectivity index (χ1v) is 8.25. The van der Waals surface area contributed by atoms with E-state index in [9.17, 15) is 10.5 Å². The molecule has 0 aliphatic carbocycles. The van der Waals surface area contributed by atoms with E-state index in [0.29, 0.717) is 16.3 Å². The monoisotopic (exact) mass is 379 g/mol. The van der Waals surface area contributed by atoms with E-state index < -0.39 is 0 Å². The number of halogens is 1. The molecule has 1 aromatic carbocycles. The molecular weight excluding hydrogens is 366 g/mol. The number of rotatable bonds is 5. The van der Waals surface area contributed by atoms with E-state index in [-0.39, 0.29) is 35.8 Å². The summed E-state index contributed by atoms with van der Waals surface area (Å²) in [6, 6.07) is 11.2. The smallest absolute Gasteiger partial charge is 0.140 e. The summed E-state index contributed by atoms with van der Waals surface area (Å²) >= 11 is 5.92. The van der Waals surface area contributed by atoms with Crippen LogP contribution in [0.15, 0.2) is 30.5 Å². The second-order valence-electron chi connectivity index (χ2n) is 5.54. The van der Waals surface area contributed by atoms with Gasteiger partial charge < -0.3 is 10.8 Å². The Bertz CT molecular complexity index is 1080. The topological polar surface area (TPSA) is 140 Å². The van der Waals surface area contributed by atoms with Gasteiger partial charge in [-0.3, -0.25) is 5.10 Å². The summed E-state index contributed by atoms with van der Waals surface area (Å²) < 4.78 is 1.30. The zero-order valence-electron chi connectivity index (χ0n) is 14.0. The highest BCUT2D eigenvalue weighted by atomic mass is 35.5. The molecule has 0 saturated heterocycles. The summed E-state index contributed by atoms with van der Waals surface area (Å²) in [5.74, 6) is 0.104. The van der Waals surface area contributed by atoms with Gasteiger partial charge in [-0.25, -0.2) is 4.68 Å². The van der Waals surface area contributed by atoms with Gasteiger partial charge >= 0.3 is 0 Å². The van der Waals surface area contributed by atoms with Gasteiger partial charge in [0.2, 0.25) is 0 Å². The number of nitrogens with zero attached hydrogens (tertiary/aromatic N) is 5. The SMILES string of the molecule is N#C/C(=C\c1cn[nH]c1-c1ccc(Cl)cc1)c1nn(CCO)c(N)c1C#N. The number of H-pyrrole nitrogens is 1. The van der Waals surface area contributed by atoms with Crippen molar-refractivity contribution in [2.24, 2.45) is 0 Å². The van der Waals surface area contributed by atoms with Crippen molar-refractivity contribution in [3.05, 3.63) is 52.3 Å². The molecule has 0 fully saturated rings. The Morgan fingerprint density at radius 1 is 1.33 bits per heavy atom. The zero-order chi connectivity index (χ0) is 19.4. The molecule has 0 amide bonds. The minimum Gasteiger partial charge on any atom is -0.394 e. The maximum absolute atomic E-state index is 9.61. The number of nitrogens with two attached hydrogens (primary N) is 1. The molecule has 27 heavy (non-hydrogen) atoms. The van der Waals surface area contributed by atoms with Gasteiger partial charge in [-0.15, -0.1) is 0 Å². The Hall–Kier alpha value is -3.59. The molecule has 0 bridgehead atoms. The molecule has 0 atom stereocenters. The number of nitrogen functional groups attached to an aromatic ring is 1. The summed E-state index contributed by atoms with van der Waals surface area (Å²) in [5.41, 5.74) is 8.49. The Balaban J connectivity index is 2.09. The number of aliphatic hydroxyl groups excluding tert-OH is 1. The lowest BCUT2D eigenvalue weighted by molar-refractivity contribution is 0.270. The number of nitriles is 2. The van der Waals surface area contributed by atoms with Crippen molar-refractivity contribution in [3.8, 4) is 23.4 Å². The summed E-state index contributed by atoms with van der Waals surface area (Å²) in [6.07, 6.45) is 3.15. The van der Waals surface area contributed by atoms with E-state index in [0.717, 1.165) is 5.56 Å². The molecule has 2 heterocycles. The molecule has 0 unspecified atom stereocenters. The number of anilines is 1. The van der Waals surface area contributed by atoms with E-state index in [1.807, 2.05) is 18.2 Å². The maximum Gasteiger partial charge on any atom is 0.140 e. The second kappa shape index (κ2) is 7.75. The van der Waals surface area contributed by atoms with Crippen LogP contribution in [-0.2, 0) is 6.54 Å². The van der Waals surface area contributed by atoms with Crippen LogP contribution in [0.1, 0.15) is 16.8 Å². The van der Waals surface area contributed by atoms with Crippen molar-refractivity contribution in [1.82, 2.24) is 20.0 Å². The second-order valence-corrected chi connectivity index (χ2v) is 5.98. The number of hydrogen-bond donors (Lipinski definition) is 3. The maximum atomic E-state index is 9.61. The van der Waals surface area contributed by atoms with Crippen LogP contribution in [0.2, 0.25) is 5.02 Å². The Morgan fingerprint density at radius 3 is 2.70 bits per heavy atom. The van der Waals surface area contributed by atoms with E-state index in [1.165, 1.54) is 4.68 Å². The number of nitrogens with one attached hydrogen (secondary N) is 1. The standard InChI is InChI=1S/C18H14ClN7O/c19-14-3-1-11(2-4-14)16-13(10-23-24-16)7-12(8-20)17-15(9-21)18(22)26(25-17)5-6-27/h1-4,7,10,27H,5-6,22H2,(H,23,24)/b12-7+. The lowest BCUT2D eigenvalue weighted by atomic mass is 10.0. The lowest BCUT2D eigenvalue weighted by Crippen LogP contribution is -2.07. The third-order valence-corrected chi connectivity index (χ3v) is 4.14. The molecule has 0 aliphatic heterocycles. The van der Waals surface area contributed by atoms with E-state index in [2.05, 4.69) is 21.4 Å². The highest BCUT2D eigenvalue weighted by molar-refractivity contribution is 6.30. The molecular formula is C18H14ClN7O. The predicted molar refractivity (Wildman–Crippen MR) is 101 cm³/mol. The first-order chi connectivity index (χ1) is 13.1. The summed E-state index contributed by atoms with van der Waals surface area (Å²) in [7, 11) is 0. The van der Waals surface area contributed by atoms with Gasteiger partial charge in [0.05, 0.1) is 30.6 Å². The normalized spacial score (nSPS) is 11.2. The Labute approximate surface area is 159 Å². The van der Waals surface area contributed by atoms with E-state index in [1.54, 1.807) is 24.4 Å². The molecule has 0 spiro atoms. The van der Waals surface area contributed by atoms with E-state index >= 15 is 0 Å². The average Bonchev–Trinajstić information content (AvgIpc) is 3.25. The third-order valence-electron chi connectivity index (χ3n) is 3.89. The van der Waals surface area contributed by atoms with Crippen LogP contribution < -0.4 is 5.73 Å². The van der Waals surface area contributed by atoms with Crippen LogP contribution in [0.5, 0.6) is 0 Å². The van der Waals surface area contributed by atoms with Crippen molar-refractivity contribution < 1.29 is 5.11 Å². The lowest BCUT2D eigenvalue weighted by Gasteiger charge is -2.01. The molecule has 0 aliphatic rings. The van der Waals surface area contributed by atoms with Gasteiger partial charge in [0.15, 0.2) is 0 Å². The molecule has 3 rings (SSSR count). The van der Waals surface area contributed by atoms with Gasteiger partial charge in [0.1, 0.15) is 29.2 Å². The van der Waals surface area contributed by atoms with Crippen molar-refractivity contribution in [3.63, 3.8) is 0 Å². The quantitative estimate of drug-likeness (QED) is 0.581. The molecule has 2 aromatic heterocycles. The molecule has 8 nitrogen and oxygen atoms in total. The van der Waals surface area contributed by atoms with Crippen molar-refractivity contribution in [2.75, 3.05) is 12.3 Å². The summed E-state index contributed by atoms with van der Waals surface area (Å²) in [4.78, 5) is 0. The molecule has 3 aromatic rings. The van der Waals surface area contributed by atoms with Gasteiger partial charge in [0.25, 0.3) is 0 Å². The van der Waals surface area contributed by atoms with Crippen molar-refractivity contribution >= 4 is 29.1 Å². The van der Waals surface area contributed by atoms with Crippen LogP contribution in [-0.4, -0.2) is 31.7 Å². The molecule has 4 N–H and O–H groups in total. The highest BCUT2D eigenvalue weighted by Gasteiger charge is 2.19. The fourth-order valence-corrected chi connectivity index (χ4v) is 2.73. The zero-order valence-corrected chi connectivity index (χ0v) is 14.8. The van der Waals surface area contributed by atoms with Gasteiger partial charge in [-0.1, -0.05) is 23.7 Å². The Morgan fingerprint density at radius 2 is 2.07 bits per heavy atom. The van der Waals surface area contributed by atoms with Crippen molar-refractivity contribution in [1.29, 1.82) is 10.5 Å². The van der Waals surface area contributed by atoms with E-state index in [4.69, 9.17) is 22.4 Å². The summed E-state index contributed by atoms with van der Waals surface area (Å²) in [6.45, 7) is -0.0643. The van der Waals surface area contributed by atoms with Crippen molar-refractivity contribution in [2.45, 2.75) is 6.54 Å². The van der Waals surface area contributed by atoms with Gasteiger partial charge in [-0.2, -0.15) is 20.7 Å². The number of benzene rings is 1. The van der Waals surface area contributed by atoms with Crippen LogP contribution in [0.25, 0.3) is 22.9 Å². The van der Waals surface area contributed by atoms with Crippen LogP contribution in [0.4, 0.5) is 5.82 Å². The number of aliphatic hydroxyl groups is 1. The largest absolute Gasteiger partial charge is 0.394 e. The predicted octanol–water partition coefficient (Wildman–Crippen LogP) is 2.44. The molecule has 0 radical (unpaired) electrons. The van der Waals surface area contributed by atoms with Gasteiger partial charge in [-0.05, 0) is 18.2 Å². The Kier molecular flexibility index (Phi) is 5.23. The van der Waals surface area contributed by atoms with Gasteiger partial charge in [0, 0.05) is 16.1 Å². The summed E-state index contributed by atoms with van der Waals surface area (Å²) in [5, 5.41) is 39.9. The number of hydrogen-bond acceptors (Lipinski definition) is 6. The fraction of sp³-hybridized carbons (Fsp3) is 0.111.